The fourth-order valence-corrected chi connectivity index (χ4v) is 3.91. The molecule has 0 aliphatic rings. The third-order valence-corrected chi connectivity index (χ3v) is 5.35. The maximum Gasteiger partial charge on any atom is 0.337 e. The van der Waals surface area contributed by atoms with Crippen LogP contribution in [0, 0.1) is 0 Å². The highest BCUT2D eigenvalue weighted by Gasteiger charge is 2.26. The number of rotatable bonds is 6. The number of benzene rings is 2. The minimum Gasteiger partial charge on any atom is -0.465 e. The minimum atomic E-state index is -3.93. The van der Waals surface area contributed by atoms with Crippen LogP contribution in [0.25, 0.3) is 0 Å². The van der Waals surface area contributed by atoms with Crippen molar-refractivity contribution in [2.75, 3.05) is 18.0 Å². The Bertz CT molecular complexity index is 864. The van der Waals surface area contributed by atoms with Gasteiger partial charge < -0.3 is 4.74 Å². The van der Waals surface area contributed by atoms with Crippen LogP contribution < -0.4 is 4.31 Å². The molecule has 0 radical (unpaired) electrons. The Kier molecular flexibility index (Phi) is 5.64. The average Bonchev–Trinajstić information content (AvgIpc) is 2.59. The molecular formula is C17H16ClNO4S. The lowest BCUT2D eigenvalue weighted by atomic mass is 10.2. The Hall–Kier alpha value is -2.31. The largest absolute Gasteiger partial charge is 0.465 e. The number of anilines is 1. The van der Waals surface area contributed by atoms with E-state index in [1.165, 1.54) is 37.5 Å². The molecule has 7 heteroatoms. The molecule has 0 amide bonds. The second-order valence-corrected chi connectivity index (χ2v) is 7.07. The van der Waals surface area contributed by atoms with E-state index in [0.717, 1.165) is 4.31 Å². The number of ether oxygens (including phenoxy) is 1. The molecule has 0 unspecified atom stereocenters. The molecule has 2 aromatic carbocycles. The molecule has 0 heterocycles. The van der Waals surface area contributed by atoms with E-state index in [9.17, 15) is 13.2 Å². The Morgan fingerprint density at radius 3 is 2.58 bits per heavy atom. The van der Waals surface area contributed by atoms with Crippen LogP contribution in [0.3, 0.4) is 0 Å². The molecule has 0 aliphatic carbocycles. The van der Waals surface area contributed by atoms with Gasteiger partial charge in [-0.1, -0.05) is 35.9 Å². The number of sulfonamides is 1. The first-order chi connectivity index (χ1) is 11.4. The number of carbonyl (C=O) groups excluding carboxylic acids is 1. The summed E-state index contributed by atoms with van der Waals surface area (Å²) in [5.74, 6) is -0.611. The first kappa shape index (κ1) is 18.0. The van der Waals surface area contributed by atoms with E-state index in [2.05, 4.69) is 11.3 Å². The van der Waals surface area contributed by atoms with Crippen molar-refractivity contribution in [3.63, 3.8) is 0 Å². The Morgan fingerprint density at radius 1 is 1.25 bits per heavy atom. The summed E-state index contributed by atoms with van der Waals surface area (Å²) < 4.78 is 31.8. The predicted octanol–water partition coefficient (Wildman–Crippen LogP) is 3.51. The van der Waals surface area contributed by atoms with E-state index >= 15 is 0 Å². The van der Waals surface area contributed by atoms with Gasteiger partial charge in [0.05, 0.1) is 34.8 Å². The number of para-hydroxylation sites is 1. The highest BCUT2D eigenvalue weighted by atomic mass is 35.5. The van der Waals surface area contributed by atoms with Gasteiger partial charge in [0.25, 0.3) is 10.0 Å². The standard InChI is InChI=1S/C17H16ClNO4S/c1-3-11-19(16-10-5-4-9-15(16)18)24(21,22)14-8-6-7-13(12-14)17(20)23-2/h3-10,12H,1,11H2,2H3. The van der Waals surface area contributed by atoms with E-state index in [0.29, 0.717) is 10.7 Å². The molecule has 0 atom stereocenters. The van der Waals surface area contributed by atoms with Gasteiger partial charge in [-0.05, 0) is 30.3 Å². The summed E-state index contributed by atoms with van der Waals surface area (Å²) in [4.78, 5) is 11.6. The zero-order chi connectivity index (χ0) is 17.7. The van der Waals surface area contributed by atoms with E-state index in [1.807, 2.05) is 0 Å². The quantitative estimate of drug-likeness (QED) is 0.580. The lowest BCUT2D eigenvalue weighted by Gasteiger charge is -2.24. The van der Waals surface area contributed by atoms with Crippen LogP contribution in [0.15, 0.2) is 66.1 Å². The summed E-state index contributed by atoms with van der Waals surface area (Å²) in [5, 5.41) is 0.298. The molecule has 5 nitrogen and oxygen atoms in total. The Labute approximate surface area is 146 Å². The second kappa shape index (κ2) is 7.51. The topological polar surface area (TPSA) is 63.7 Å². The molecule has 2 rings (SSSR count). The number of carbonyl (C=O) groups is 1. The summed E-state index contributed by atoms with van der Waals surface area (Å²) in [6.07, 6.45) is 1.46. The van der Waals surface area contributed by atoms with Crippen molar-refractivity contribution in [1.82, 2.24) is 0 Å². The highest BCUT2D eigenvalue weighted by Crippen LogP contribution is 2.30. The number of hydrogen-bond donors (Lipinski definition) is 0. The zero-order valence-electron chi connectivity index (χ0n) is 13.0. The fourth-order valence-electron chi connectivity index (χ4n) is 2.13. The number of methoxy groups -OCH3 is 1. The summed E-state index contributed by atoms with van der Waals surface area (Å²) in [7, 11) is -2.70. The van der Waals surface area contributed by atoms with E-state index < -0.39 is 16.0 Å². The summed E-state index contributed by atoms with van der Waals surface area (Å²) in [6, 6.07) is 12.3. The molecule has 0 saturated heterocycles. The first-order valence-electron chi connectivity index (χ1n) is 6.98. The molecule has 0 saturated carbocycles. The first-order valence-corrected chi connectivity index (χ1v) is 8.80. The normalized spacial score (nSPS) is 10.9. The van der Waals surface area contributed by atoms with Gasteiger partial charge >= 0.3 is 5.97 Å². The molecule has 24 heavy (non-hydrogen) atoms. The van der Waals surface area contributed by atoms with E-state index in [-0.39, 0.29) is 17.0 Å². The molecule has 0 aromatic heterocycles. The van der Waals surface area contributed by atoms with Gasteiger partial charge in [0, 0.05) is 0 Å². The van der Waals surface area contributed by atoms with Crippen LogP contribution in [-0.4, -0.2) is 28.0 Å². The Balaban J connectivity index is 2.56. The molecule has 126 valence electrons. The van der Waals surface area contributed by atoms with Crippen LogP contribution in [0.5, 0.6) is 0 Å². The lowest BCUT2D eigenvalue weighted by molar-refractivity contribution is 0.0600. The van der Waals surface area contributed by atoms with E-state index in [4.69, 9.17) is 11.6 Å². The van der Waals surface area contributed by atoms with Crippen LogP contribution in [-0.2, 0) is 14.8 Å². The fraction of sp³-hybridized carbons (Fsp3) is 0.118. The third-order valence-electron chi connectivity index (χ3n) is 3.26. The van der Waals surface area contributed by atoms with Crippen molar-refractivity contribution >= 4 is 33.3 Å². The number of esters is 1. The van der Waals surface area contributed by atoms with Crippen LogP contribution in [0.1, 0.15) is 10.4 Å². The summed E-state index contributed by atoms with van der Waals surface area (Å²) in [6.45, 7) is 3.63. The van der Waals surface area contributed by atoms with Crippen molar-refractivity contribution in [3.8, 4) is 0 Å². The number of nitrogens with zero attached hydrogens (tertiary/aromatic N) is 1. The number of hydrogen-bond acceptors (Lipinski definition) is 4. The molecule has 2 aromatic rings. The summed E-state index contributed by atoms with van der Waals surface area (Å²) >= 11 is 6.14. The smallest absolute Gasteiger partial charge is 0.337 e. The molecule has 0 N–H and O–H groups in total. The SMILES string of the molecule is C=CCN(c1ccccc1Cl)S(=O)(=O)c1cccc(C(=O)OC)c1. The molecule has 0 fully saturated rings. The third kappa shape index (κ3) is 3.60. The van der Waals surface area contributed by atoms with Gasteiger partial charge in [-0.15, -0.1) is 6.58 Å². The minimum absolute atomic E-state index is 0.0350. The van der Waals surface area contributed by atoms with Gasteiger partial charge in [-0.25, -0.2) is 13.2 Å². The van der Waals surface area contributed by atoms with Crippen molar-refractivity contribution in [1.29, 1.82) is 0 Å². The van der Waals surface area contributed by atoms with Crippen molar-refractivity contribution < 1.29 is 17.9 Å². The molecule has 0 bridgehead atoms. The Morgan fingerprint density at radius 2 is 1.96 bits per heavy atom. The van der Waals surface area contributed by atoms with Crippen LogP contribution in [0.4, 0.5) is 5.69 Å². The van der Waals surface area contributed by atoms with Gasteiger partial charge in [0.2, 0.25) is 0 Å². The van der Waals surface area contributed by atoms with Gasteiger partial charge in [0.15, 0.2) is 0 Å². The van der Waals surface area contributed by atoms with Crippen LogP contribution >= 0.6 is 11.6 Å². The zero-order valence-corrected chi connectivity index (χ0v) is 14.5. The predicted molar refractivity (Wildman–Crippen MR) is 94.0 cm³/mol. The second-order valence-electron chi connectivity index (χ2n) is 4.80. The van der Waals surface area contributed by atoms with Crippen LogP contribution in [0.2, 0.25) is 5.02 Å². The lowest BCUT2D eigenvalue weighted by Crippen LogP contribution is -2.31. The maximum absolute atomic E-state index is 13.0. The van der Waals surface area contributed by atoms with Crippen molar-refractivity contribution in [2.24, 2.45) is 0 Å². The number of halogens is 1. The van der Waals surface area contributed by atoms with Gasteiger partial charge in [-0.2, -0.15) is 0 Å². The average molecular weight is 366 g/mol. The van der Waals surface area contributed by atoms with Crippen molar-refractivity contribution in [3.05, 3.63) is 71.8 Å². The maximum atomic E-state index is 13.0. The molecule has 0 spiro atoms. The molecule has 0 aliphatic heterocycles. The van der Waals surface area contributed by atoms with Gasteiger partial charge in [0.1, 0.15) is 0 Å². The van der Waals surface area contributed by atoms with Crippen molar-refractivity contribution in [2.45, 2.75) is 4.90 Å². The highest BCUT2D eigenvalue weighted by molar-refractivity contribution is 7.92. The monoisotopic (exact) mass is 365 g/mol. The molecular weight excluding hydrogens is 350 g/mol. The summed E-state index contributed by atoms with van der Waals surface area (Å²) in [5.41, 5.74) is 0.485. The van der Waals surface area contributed by atoms with Gasteiger partial charge in [-0.3, -0.25) is 4.31 Å². The van der Waals surface area contributed by atoms with E-state index in [1.54, 1.807) is 24.3 Å².